The minimum Gasteiger partial charge on any atom is -0.397 e. The fraction of sp³-hybridized carbons (Fsp3) is 0.400. The first-order valence-corrected chi connectivity index (χ1v) is 8.75. The largest absolute Gasteiger partial charge is 0.397 e. The third-order valence-corrected chi connectivity index (χ3v) is 6.27. The predicted molar refractivity (Wildman–Crippen MR) is 74.1 cm³/mol. The SMILES string of the molecule is Nc1cc([N+](=O)[O-])cc(F)c1S(=O)(=O)N1CCS(=O)CC1. The fourth-order valence-electron chi connectivity index (χ4n) is 1.97. The van der Waals surface area contributed by atoms with E-state index in [-0.39, 0.29) is 24.6 Å². The molecule has 2 rings (SSSR count). The number of nitro benzene ring substituents is 1. The van der Waals surface area contributed by atoms with Gasteiger partial charge in [0.1, 0.15) is 4.90 Å². The molecule has 0 saturated carbocycles. The second kappa shape index (κ2) is 5.66. The highest BCUT2D eigenvalue weighted by atomic mass is 32.2. The summed E-state index contributed by atoms with van der Waals surface area (Å²) >= 11 is 0. The summed E-state index contributed by atoms with van der Waals surface area (Å²) in [4.78, 5) is 8.96. The minimum atomic E-state index is -4.21. The number of hydrogen-bond acceptors (Lipinski definition) is 6. The molecule has 0 amide bonds. The number of sulfonamides is 1. The number of nitro groups is 1. The van der Waals surface area contributed by atoms with Crippen LogP contribution in [0, 0.1) is 15.9 Å². The van der Waals surface area contributed by atoms with Crippen molar-refractivity contribution < 1.29 is 21.9 Å². The van der Waals surface area contributed by atoms with Crippen LogP contribution in [0.3, 0.4) is 0 Å². The molecule has 1 aromatic rings. The number of anilines is 1. The quantitative estimate of drug-likeness (QED) is 0.473. The summed E-state index contributed by atoms with van der Waals surface area (Å²) in [6.07, 6.45) is 0. The molecule has 0 bridgehead atoms. The first kappa shape index (κ1) is 15.8. The van der Waals surface area contributed by atoms with Crippen LogP contribution in [0.4, 0.5) is 15.8 Å². The van der Waals surface area contributed by atoms with Crippen molar-refractivity contribution in [1.29, 1.82) is 0 Å². The number of nitrogens with zero attached hydrogens (tertiary/aromatic N) is 2. The Morgan fingerprint density at radius 2 is 1.90 bits per heavy atom. The van der Waals surface area contributed by atoms with Crippen LogP contribution >= 0.6 is 0 Å². The molecule has 116 valence electrons. The van der Waals surface area contributed by atoms with Crippen molar-refractivity contribution in [2.75, 3.05) is 30.3 Å². The highest BCUT2D eigenvalue weighted by Crippen LogP contribution is 2.30. The summed E-state index contributed by atoms with van der Waals surface area (Å²) in [5.41, 5.74) is 4.33. The molecule has 11 heteroatoms. The molecule has 21 heavy (non-hydrogen) atoms. The average molecular weight is 337 g/mol. The third-order valence-electron chi connectivity index (χ3n) is 3.00. The van der Waals surface area contributed by atoms with Crippen molar-refractivity contribution in [3.8, 4) is 0 Å². The zero-order chi connectivity index (χ0) is 15.8. The second-order valence-corrected chi connectivity index (χ2v) is 7.93. The van der Waals surface area contributed by atoms with Gasteiger partial charge in [0.25, 0.3) is 5.69 Å². The normalized spacial score (nSPS) is 17.8. The van der Waals surface area contributed by atoms with Gasteiger partial charge in [0.05, 0.1) is 16.7 Å². The minimum absolute atomic E-state index is 0.00912. The molecule has 0 aromatic heterocycles. The lowest BCUT2D eigenvalue weighted by Gasteiger charge is -2.26. The Hall–Kier alpha value is -1.59. The number of non-ortho nitro benzene ring substituents is 1. The highest BCUT2D eigenvalue weighted by molar-refractivity contribution is 7.89. The molecule has 1 aliphatic rings. The molecular weight excluding hydrogens is 325 g/mol. The predicted octanol–water partition coefficient (Wildman–Crippen LogP) is 0.0691. The van der Waals surface area contributed by atoms with Gasteiger partial charge in [-0.1, -0.05) is 0 Å². The first-order valence-electron chi connectivity index (χ1n) is 5.82. The number of benzene rings is 1. The molecule has 2 N–H and O–H groups in total. The Morgan fingerprint density at radius 1 is 1.33 bits per heavy atom. The number of nitrogens with two attached hydrogens (primary N) is 1. The second-order valence-electron chi connectivity index (χ2n) is 4.36. The van der Waals surface area contributed by atoms with E-state index in [9.17, 15) is 27.1 Å². The van der Waals surface area contributed by atoms with Crippen molar-refractivity contribution >= 4 is 32.2 Å². The highest BCUT2D eigenvalue weighted by Gasteiger charge is 2.33. The Bertz CT molecular complexity index is 688. The summed E-state index contributed by atoms with van der Waals surface area (Å²) in [5.74, 6) is -0.949. The van der Waals surface area contributed by atoms with E-state index in [4.69, 9.17) is 5.73 Å². The molecule has 1 aliphatic heterocycles. The van der Waals surface area contributed by atoms with Crippen LogP contribution in [0.5, 0.6) is 0 Å². The third kappa shape index (κ3) is 3.04. The Morgan fingerprint density at radius 3 is 2.38 bits per heavy atom. The first-order chi connectivity index (χ1) is 9.73. The summed E-state index contributed by atoms with van der Waals surface area (Å²) in [5, 5.41) is 10.6. The van der Waals surface area contributed by atoms with E-state index in [1.807, 2.05) is 0 Å². The van der Waals surface area contributed by atoms with Gasteiger partial charge in [-0.25, -0.2) is 12.8 Å². The van der Waals surface area contributed by atoms with Gasteiger partial charge in [-0.05, 0) is 0 Å². The van der Waals surface area contributed by atoms with E-state index in [0.29, 0.717) is 6.07 Å². The van der Waals surface area contributed by atoms with Crippen LogP contribution in [-0.2, 0) is 20.8 Å². The topological polar surface area (TPSA) is 124 Å². The van der Waals surface area contributed by atoms with E-state index in [1.165, 1.54) is 0 Å². The average Bonchev–Trinajstić information content (AvgIpc) is 2.37. The van der Waals surface area contributed by atoms with Gasteiger partial charge in [0.2, 0.25) is 10.0 Å². The molecule has 0 atom stereocenters. The van der Waals surface area contributed by atoms with Crippen LogP contribution in [0.1, 0.15) is 0 Å². The van der Waals surface area contributed by atoms with Crippen LogP contribution in [0.15, 0.2) is 17.0 Å². The van der Waals surface area contributed by atoms with E-state index in [0.717, 1.165) is 10.4 Å². The summed E-state index contributed by atoms with van der Waals surface area (Å²) < 4.78 is 50.9. The van der Waals surface area contributed by atoms with Crippen molar-refractivity contribution in [2.45, 2.75) is 4.90 Å². The molecule has 0 spiro atoms. The van der Waals surface area contributed by atoms with E-state index in [1.54, 1.807) is 0 Å². The Balaban J connectivity index is 2.45. The molecule has 1 aromatic carbocycles. The lowest BCUT2D eigenvalue weighted by molar-refractivity contribution is -0.385. The van der Waals surface area contributed by atoms with Crippen LogP contribution in [0.2, 0.25) is 0 Å². The fourth-order valence-corrected chi connectivity index (χ4v) is 4.83. The maximum absolute atomic E-state index is 13.9. The Kier molecular flexibility index (Phi) is 4.25. The van der Waals surface area contributed by atoms with Gasteiger partial charge < -0.3 is 5.73 Å². The van der Waals surface area contributed by atoms with Crippen LogP contribution < -0.4 is 5.73 Å². The van der Waals surface area contributed by atoms with Crippen LogP contribution in [0.25, 0.3) is 0 Å². The summed E-state index contributed by atoms with van der Waals surface area (Å²) in [6, 6.07) is 1.32. The van der Waals surface area contributed by atoms with Crippen LogP contribution in [-0.4, -0.2) is 46.5 Å². The number of hydrogen-bond donors (Lipinski definition) is 1. The van der Waals surface area contributed by atoms with E-state index in [2.05, 4.69) is 0 Å². The smallest absolute Gasteiger partial charge is 0.274 e. The molecule has 8 nitrogen and oxygen atoms in total. The molecule has 0 unspecified atom stereocenters. The van der Waals surface area contributed by atoms with Crippen molar-refractivity contribution in [1.82, 2.24) is 4.31 Å². The standard InChI is InChI=1S/C10H12FN3O5S2/c11-8-5-7(14(15)16)6-9(12)10(8)21(18,19)13-1-3-20(17)4-2-13/h5-6H,1-4,12H2. The lowest BCUT2D eigenvalue weighted by Crippen LogP contribution is -2.42. The van der Waals surface area contributed by atoms with Crippen molar-refractivity contribution in [2.24, 2.45) is 0 Å². The molecule has 0 radical (unpaired) electrons. The Labute approximate surface area is 122 Å². The molecule has 1 heterocycles. The maximum Gasteiger partial charge on any atom is 0.274 e. The molecular formula is C10H12FN3O5S2. The van der Waals surface area contributed by atoms with Gasteiger partial charge in [-0.15, -0.1) is 0 Å². The number of nitrogen functional groups attached to an aromatic ring is 1. The maximum atomic E-state index is 13.9. The van der Waals surface area contributed by atoms with E-state index >= 15 is 0 Å². The lowest BCUT2D eigenvalue weighted by atomic mass is 10.3. The van der Waals surface area contributed by atoms with Gasteiger partial charge in [0.15, 0.2) is 5.82 Å². The van der Waals surface area contributed by atoms with E-state index < -0.39 is 47.8 Å². The zero-order valence-electron chi connectivity index (χ0n) is 10.7. The van der Waals surface area contributed by atoms with Gasteiger partial charge >= 0.3 is 0 Å². The monoisotopic (exact) mass is 337 g/mol. The van der Waals surface area contributed by atoms with Gasteiger partial charge in [-0.2, -0.15) is 4.31 Å². The molecule has 0 aliphatic carbocycles. The molecule has 1 fully saturated rings. The summed E-state index contributed by atoms with van der Waals surface area (Å²) in [6.45, 7) is -0.0182. The van der Waals surface area contributed by atoms with Crippen molar-refractivity contribution in [3.05, 3.63) is 28.1 Å². The van der Waals surface area contributed by atoms with Gasteiger partial charge in [-0.3, -0.25) is 14.3 Å². The van der Waals surface area contributed by atoms with Crippen molar-refractivity contribution in [3.63, 3.8) is 0 Å². The number of rotatable bonds is 3. The summed E-state index contributed by atoms with van der Waals surface area (Å²) in [7, 11) is -5.31. The number of halogens is 1. The molecule has 1 saturated heterocycles. The van der Waals surface area contributed by atoms with Gasteiger partial charge in [0, 0.05) is 41.5 Å². The zero-order valence-corrected chi connectivity index (χ0v) is 12.3.